The summed E-state index contributed by atoms with van der Waals surface area (Å²) in [5, 5.41) is 2.98. The predicted molar refractivity (Wildman–Crippen MR) is 98.1 cm³/mol. The highest BCUT2D eigenvalue weighted by molar-refractivity contribution is 5.94. The van der Waals surface area contributed by atoms with Crippen molar-refractivity contribution in [2.75, 3.05) is 0 Å². The second-order valence-electron chi connectivity index (χ2n) is 6.49. The number of hydrogen-bond donors (Lipinski definition) is 1. The summed E-state index contributed by atoms with van der Waals surface area (Å²) in [6.07, 6.45) is 1.68. The zero-order valence-corrected chi connectivity index (χ0v) is 15.4. The van der Waals surface area contributed by atoms with Crippen molar-refractivity contribution in [2.24, 2.45) is 0 Å². The summed E-state index contributed by atoms with van der Waals surface area (Å²) >= 11 is 0. The van der Waals surface area contributed by atoms with E-state index in [0.29, 0.717) is 11.4 Å². The van der Waals surface area contributed by atoms with E-state index in [0.717, 1.165) is 11.3 Å². The molecule has 2 aromatic rings. The molecule has 0 bridgehead atoms. The summed E-state index contributed by atoms with van der Waals surface area (Å²) in [7, 11) is 0. The lowest BCUT2D eigenvalue weighted by Crippen LogP contribution is -2.26. The molecule has 134 valence electrons. The van der Waals surface area contributed by atoms with E-state index in [1.807, 2.05) is 58.9 Å². The maximum atomic E-state index is 12.4. The Balaban J connectivity index is 2.02. The molecule has 2 rings (SSSR count). The summed E-state index contributed by atoms with van der Waals surface area (Å²) in [6.45, 7) is 9.77. The normalized spacial score (nSPS) is 12.1. The van der Waals surface area contributed by atoms with Gasteiger partial charge in [0.25, 0.3) is 5.91 Å². The highest BCUT2D eigenvalue weighted by Gasteiger charge is 2.13. The lowest BCUT2D eigenvalue weighted by Gasteiger charge is -2.17. The van der Waals surface area contributed by atoms with Gasteiger partial charge in [-0.05, 0) is 58.4 Å². The molecular formula is C20H26N2O3. The summed E-state index contributed by atoms with van der Waals surface area (Å²) < 4.78 is 11.2. The Labute approximate surface area is 149 Å². The van der Waals surface area contributed by atoms with E-state index in [1.165, 1.54) is 6.20 Å². The zero-order chi connectivity index (χ0) is 18.4. The molecule has 1 atom stereocenters. The smallest absolute Gasteiger partial charge is 0.253 e. The standard InChI is InChI=1S/C20H26N2O3/c1-13(2)24-18-8-6-7-16(11-18)15(5)22-20(23)17-9-10-19(21-12-17)25-14(3)4/h6-15H,1-5H3,(H,22,23)/t15-/m1/s1. The summed E-state index contributed by atoms with van der Waals surface area (Å²) in [5.74, 6) is 1.13. The van der Waals surface area contributed by atoms with E-state index in [1.54, 1.807) is 12.1 Å². The number of nitrogens with zero attached hydrogens (tertiary/aromatic N) is 1. The number of nitrogens with one attached hydrogen (secondary N) is 1. The summed E-state index contributed by atoms with van der Waals surface area (Å²) in [5.41, 5.74) is 1.48. The fourth-order valence-electron chi connectivity index (χ4n) is 2.32. The summed E-state index contributed by atoms with van der Waals surface area (Å²) in [4.78, 5) is 16.6. The van der Waals surface area contributed by atoms with Gasteiger partial charge in [0.2, 0.25) is 5.88 Å². The Hall–Kier alpha value is -2.56. The predicted octanol–water partition coefficient (Wildman–Crippen LogP) is 4.15. The molecule has 0 aliphatic heterocycles. The number of ether oxygens (including phenoxy) is 2. The first-order valence-electron chi connectivity index (χ1n) is 8.55. The minimum atomic E-state index is -0.175. The Morgan fingerprint density at radius 1 is 1.00 bits per heavy atom. The second kappa shape index (κ2) is 8.51. The Morgan fingerprint density at radius 2 is 1.72 bits per heavy atom. The zero-order valence-electron chi connectivity index (χ0n) is 15.4. The number of benzene rings is 1. The van der Waals surface area contributed by atoms with Gasteiger partial charge < -0.3 is 14.8 Å². The van der Waals surface area contributed by atoms with Gasteiger partial charge in [0.1, 0.15) is 5.75 Å². The van der Waals surface area contributed by atoms with Crippen molar-refractivity contribution in [1.82, 2.24) is 10.3 Å². The molecule has 1 aromatic carbocycles. The van der Waals surface area contributed by atoms with Crippen molar-refractivity contribution in [2.45, 2.75) is 52.9 Å². The first-order chi connectivity index (χ1) is 11.8. The van der Waals surface area contributed by atoms with E-state index < -0.39 is 0 Å². The van der Waals surface area contributed by atoms with Gasteiger partial charge in [-0.1, -0.05) is 12.1 Å². The Bertz CT molecular complexity index is 696. The Morgan fingerprint density at radius 3 is 2.32 bits per heavy atom. The maximum Gasteiger partial charge on any atom is 0.253 e. The van der Waals surface area contributed by atoms with Gasteiger partial charge in [0.15, 0.2) is 0 Å². The molecule has 0 fully saturated rings. The van der Waals surface area contributed by atoms with Crippen LogP contribution in [0.15, 0.2) is 42.6 Å². The molecule has 0 spiro atoms. The molecule has 1 amide bonds. The molecule has 5 nitrogen and oxygen atoms in total. The van der Waals surface area contributed by atoms with Crippen LogP contribution >= 0.6 is 0 Å². The van der Waals surface area contributed by atoms with Gasteiger partial charge in [-0.2, -0.15) is 0 Å². The van der Waals surface area contributed by atoms with Crippen LogP contribution < -0.4 is 14.8 Å². The number of aromatic nitrogens is 1. The van der Waals surface area contributed by atoms with Crippen molar-refractivity contribution >= 4 is 5.91 Å². The monoisotopic (exact) mass is 342 g/mol. The molecule has 5 heteroatoms. The fourth-order valence-corrected chi connectivity index (χ4v) is 2.32. The first kappa shape index (κ1) is 18.8. The first-order valence-corrected chi connectivity index (χ1v) is 8.55. The van der Waals surface area contributed by atoms with Crippen LogP contribution in [0.2, 0.25) is 0 Å². The minimum Gasteiger partial charge on any atom is -0.491 e. The number of carbonyl (C=O) groups is 1. The van der Waals surface area contributed by atoms with E-state index in [4.69, 9.17) is 9.47 Å². The van der Waals surface area contributed by atoms with E-state index in [-0.39, 0.29) is 24.2 Å². The third kappa shape index (κ3) is 5.78. The number of amides is 1. The van der Waals surface area contributed by atoms with Crippen LogP contribution in [0.4, 0.5) is 0 Å². The van der Waals surface area contributed by atoms with E-state index >= 15 is 0 Å². The van der Waals surface area contributed by atoms with E-state index in [2.05, 4.69) is 10.3 Å². The van der Waals surface area contributed by atoms with E-state index in [9.17, 15) is 4.79 Å². The maximum absolute atomic E-state index is 12.4. The van der Waals surface area contributed by atoms with Gasteiger partial charge in [-0.15, -0.1) is 0 Å². The van der Waals surface area contributed by atoms with Crippen LogP contribution in [0, 0.1) is 0 Å². The lowest BCUT2D eigenvalue weighted by molar-refractivity contribution is 0.0939. The molecule has 0 saturated heterocycles. The summed E-state index contributed by atoms with van der Waals surface area (Å²) in [6, 6.07) is 11.0. The molecule has 1 N–H and O–H groups in total. The van der Waals surface area contributed by atoms with Crippen LogP contribution in [0.1, 0.15) is 56.6 Å². The third-order valence-electron chi connectivity index (χ3n) is 3.43. The molecule has 0 aliphatic rings. The topological polar surface area (TPSA) is 60.5 Å². The Kier molecular flexibility index (Phi) is 6.39. The number of pyridine rings is 1. The molecule has 0 radical (unpaired) electrons. The van der Waals surface area contributed by atoms with Crippen molar-refractivity contribution in [3.05, 3.63) is 53.7 Å². The van der Waals surface area contributed by atoms with Gasteiger partial charge in [-0.25, -0.2) is 4.98 Å². The molecule has 25 heavy (non-hydrogen) atoms. The van der Waals surface area contributed by atoms with Crippen LogP contribution in [0.5, 0.6) is 11.6 Å². The SMILES string of the molecule is CC(C)Oc1cccc([C@@H](C)NC(=O)c2ccc(OC(C)C)nc2)c1. The van der Waals surface area contributed by atoms with Gasteiger partial charge in [-0.3, -0.25) is 4.79 Å². The molecule has 0 aliphatic carbocycles. The lowest BCUT2D eigenvalue weighted by atomic mass is 10.1. The number of hydrogen-bond acceptors (Lipinski definition) is 4. The van der Waals surface area contributed by atoms with Crippen molar-refractivity contribution in [1.29, 1.82) is 0 Å². The molecule has 0 unspecified atom stereocenters. The van der Waals surface area contributed by atoms with Gasteiger partial charge in [0.05, 0.1) is 23.8 Å². The van der Waals surface area contributed by atoms with Crippen LogP contribution in [-0.4, -0.2) is 23.1 Å². The average molecular weight is 342 g/mol. The average Bonchev–Trinajstić information content (AvgIpc) is 2.54. The second-order valence-corrected chi connectivity index (χ2v) is 6.49. The van der Waals surface area contributed by atoms with Crippen LogP contribution in [0.25, 0.3) is 0 Å². The van der Waals surface area contributed by atoms with Crippen molar-refractivity contribution in [3.63, 3.8) is 0 Å². The van der Waals surface area contributed by atoms with Gasteiger partial charge >= 0.3 is 0 Å². The fraction of sp³-hybridized carbons (Fsp3) is 0.400. The highest BCUT2D eigenvalue weighted by atomic mass is 16.5. The quantitative estimate of drug-likeness (QED) is 0.821. The van der Waals surface area contributed by atoms with Gasteiger partial charge in [0, 0.05) is 12.3 Å². The van der Waals surface area contributed by atoms with Crippen LogP contribution in [-0.2, 0) is 0 Å². The van der Waals surface area contributed by atoms with Crippen molar-refractivity contribution < 1.29 is 14.3 Å². The number of carbonyl (C=O) groups excluding carboxylic acids is 1. The molecule has 1 heterocycles. The van der Waals surface area contributed by atoms with Crippen LogP contribution in [0.3, 0.4) is 0 Å². The molecule has 0 saturated carbocycles. The third-order valence-corrected chi connectivity index (χ3v) is 3.43. The highest BCUT2D eigenvalue weighted by Crippen LogP contribution is 2.20. The molecule has 1 aromatic heterocycles. The molecular weight excluding hydrogens is 316 g/mol. The largest absolute Gasteiger partial charge is 0.491 e. The van der Waals surface area contributed by atoms with Crippen molar-refractivity contribution in [3.8, 4) is 11.6 Å². The minimum absolute atomic E-state index is 0.0486. The number of rotatable bonds is 7.